The maximum absolute atomic E-state index is 12.7. The molecule has 3 rings (SSSR count). The second-order valence-electron chi connectivity index (χ2n) is 6.11. The molecule has 1 amide bonds. The van der Waals surface area contributed by atoms with E-state index in [-0.39, 0.29) is 5.92 Å². The van der Waals surface area contributed by atoms with Gasteiger partial charge < -0.3 is 10.2 Å². The van der Waals surface area contributed by atoms with Crippen LogP contribution in [0, 0.1) is 11.8 Å². The number of carbonyl (C=O) groups is 1. The van der Waals surface area contributed by atoms with Crippen molar-refractivity contribution in [1.29, 1.82) is 0 Å². The molecule has 1 atom stereocenters. The number of anilines is 1. The van der Waals surface area contributed by atoms with Gasteiger partial charge in [-0.25, -0.2) is 0 Å². The van der Waals surface area contributed by atoms with Crippen LogP contribution in [-0.4, -0.2) is 30.4 Å². The van der Waals surface area contributed by atoms with Crippen LogP contribution < -0.4 is 5.32 Å². The number of amides is 1. The van der Waals surface area contributed by atoms with E-state index in [4.69, 9.17) is 0 Å². The normalized spacial score (nSPS) is 21.6. The minimum absolute atomic E-state index is 0.102. The lowest BCUT2D eigenvalue weighted by molar-refractivity contribution is -0.136. The van der Waals surface area contributed by atoms with E-state index < -0.39 is 0 Å². The molecule has 0 aromatic heterocycles. The van der Waals surface area contributed by atoms with Gasteiger partial charge in [0, 0.05) is 25.3 Å². The Bertz CT molecular complexity index is 482. The number of para-hydroxylation sites is 1. The van der Waals surface area contributed by atoms with Crippen molar-refractivity contribution in [1.82, 2.24) is 4.90 Å². The molecular weight excluding hydrogens is 248 g/mol. The average Bonchev–Trinajstić information content (AvgIpc) is 2.45. The lowest BCUT2D eigenvalue weighted by Crippen LogP contribution is -2.44. The van der Waals surface area contributed by atoms with Crippen LogP contribution in [0.15, 0.2) is 24.3 Å². The van der Waals surface area contributed by atoms with Crippen LogP contribution in [0.25, 0.3) is 0 Å². The number of benzene rings is 1. The Kier molecular flexibility index (Phi) is 3.95. The molecule has 108 valence electrons. The molecule has 1 fully saturated rings. The summed E-state index contributed by atoms with van der Waals surface area (Å²) in [5.74, 6) is 1.19. The molecule has 1 aromatic rings. The number of fused-ring (bicyclic) bond motifs is 1. The minimum Gasteiger partial charge on any atom is -0.384 e. The predicted molar refractivity (Wildman–Crippen MR) is 81.7 cm³/mol. The van der Waals surface area contributed by atoms with E-state index in [1.807, 2.05) is 6.07 Å². The Morgan fingerprint density at radius 1 is 1.35 bits per heavy atom. The number of hydrogen-bond donors (Lipinski definition) is 1. The van der Waals surface area contributed by atoms with Crippen molar-refractivity contribution in [3.05, 3.63) is 29.8 Å². The highest BCUT2D eigenvalue weighted by atomic mass is 16.2. The van der Waals surface area contributed by atoms with Crippen LogP contribution >= 0.6 is 0 Å². The molecule has 1 heterocycles. The summed E-state index contributed by atoms with van der Waals surface area (Å²) in [5.41, 5.74) is 2.47. The Morgan fingerprint density at radius 3 is 2.85 bits per heavy atom. The third kappa shape index (κ3) is 2.67. The van der Waals surface area contributed by atoms with E-state index >= 15 is 0 Å². The van der Waals surface area contributed by atoms with E-state index in [2.05, 4.69) is 35.3 Å². The molecule has 3 heteroatoms. The van der Waals surface area contributed by atoms with Gasteiger partial charge in [0.05, 0.1) is 5.92 Å². The van der Waals surface area contributed by atoms with Crippen molar-refractivity contribution in [2.24, 2.45) is 11.8 Å². The van der Waals surface area contributed by atoms with E-state index in [1.54, 1.807) is 0 Å². The molecule has 3 nitrogen and oxygen atoms in total. The third-order valence-electron chi connectivity index (χ3n) is 4.77. The van der Waals surface area contributed by atoms with Gasteiger partial charge in [0.15, 0.2) is 0 Å². The fourth-order valence-electron chi connectivity index (χ4n) is 3.24. The summed E-state index contributed by atoms with van der Waals surface area (Å²) < 4.78 is 0. The standard InChI is InChI=1S/C17H24N2O/c1-2-19(12-13-6-5-7-13)17(20)15-10-14-8-3-4-9-16(14)18-11-15/h3-4,8-9,13,15,18H,2,5-7,10-12H2,1H3. The second-order valence-corrected chi connectivity index (χ2v) is 6.11. The van der Waals surface area contributed by atoms with Crippen LogP contribution in [-0.2, 0) is 11.2 Å². The molecular formula is C17H24N2O. The number of carbonyl (C=O) groups excluding carboxylic acids is 1. The van der Waals surface area contributed by atoms with Crippen LogP contribution in [0.4, 0.5) is 5.69 Å². The molecule has 1 aliphatic carbocycles. The zero-order chi connectivity index (χ0) is 13.9. The molecule has 1 N–H and O–H groups in total. The lowest BCUT2D eigenvalue weighted by Gasteiger charge is -2.35. The van der Waals surface area contributed by atoms with Gasteiger partial charge in [-0.3, -0.25) is 4.79 Å². The van der Waals surface area contributed by atoms with E-state index in [0.29, 0.717) is 5.91 Å². The molecule has 1 aromatic carbocycles. The number of hydrogen-bond acceptors (Lipinski definition) is 2. The zero-order valence-electron chi connectivity index (χ0n) is 12.3. The van der Waals surface area contributed by atoms with Crippen molar-refractivity contribution in [2.75, 3.05) is 25.0 Å². The van der Waals surface area contributed by atoms with Crippen molar-refractivity contribution >= 4 is 11.6 Å². The van der Waals surface area contributed by atoms with E-state index in [9.17, 15) is 4.79 Å². The first kappa shape index (κ1) is 13.5. The highest BCUT2D eigenvalue weighted by Crippen LogP contribution is 2.29. The van der Waals surface area contributed by atoms with E-state index in [0.717, 1.165) is 32.0 Å². The summed E-state index contributed by atoms with van der Waals surface area (Å²) in [6.07, 6.45) is 4.82. The van der Waals surface area contributed by atoms with Gasteiger partial charge in [-0.1, -0.05) is 24.6 Å². The van der Waals surface area contributed by atoms with Crippen molar-refractivity contribution < 1.29 is 4.79 Å². The largest absolute Gasteiger partial charge is 0.384 e. The zero-order valence-corrected chi connectivity index (χ0v) is 12.3. The Balaban J connectivity index is 1.64. The first-order valence-electron chi connectivity index (χ1n) is 7.88. The molecule has 0 spiro atoms. The molecule has 0 bridgehead atoms. The highest BCUT2D eigenvalue weighted by molar-refractivity contribution is 5.81. The van der Waals surface area contributed by atoms with Crippen molar-refractivity contribution in [3.8, 4) is 0 Å². The molecule has 20 heavy (non-hydrogen) atoms. The summed E-state index contributed by atoms with van der Waals surface area (Å²) in [5, 5.41) is 3.41. The summed E-state index contributed by atoms with van der Waals surface area (Å²) in [6, 6.07) is 8.33. The molecule has 0 radical (unpaired) electrons. The summed E-state index contributed by atoms with van der Waals surface area (Å²) in [4.78, 5) is 14.8. The maximum Gasteiger partial charge on any atom is 0.227 e. The molecule has 2 aliphatic rings. The van der Waals surface area contributed by atoms with E-state index in [1.165, 1.54) is 30.5 Å². The summed E-state index contributed by atoms with van der Waals surface area (Å²) >= 11 is 0. The van der Waals surface area contributed by atoms with Gasteiger partial charge in [-0.2, -0.15) is 0 Å². The quantitative estimate of drug-likeness (QED) is 0.914. The maximum atomic E-state index is 12.7. The SMILES string of the molecule is CCN(CC1CCC1)C(=O)C1CNc2ccccc2C1. The third-order valence-corrected chi connectivity index (χ3v) is 4.77. The Hall–Kier alpha value is -1.51. The molecule has 1 saturated carbocycles. The van der Waals surface area contributed by atoms with Crippen molar-refractivity contribution in [3.63, 3.8) is 0 Å². The second kappa shape index (κ2) is 5.86. The van der Waals surface area contributed by atoms with Crippen LogP contribution in [0.2, 0.25) is 0 Å². The molecule has 1 unspecified atom stereocenters. The fraction of sp³-hybridized carbons (Fsp3) is 0.588. The lowest BCUT2D eigenvalue weighted by atomic mass is 9.84. The summed E-state index contributed by atoms with van der Waals surface area (Å²) in [6.45, 7) is 4.68. The monoisotopic (exact) mass is 272 g/mol. The number of rotatable bonds is 4. The van der Waals surface area contributed by atoms with Gasteiger partial charge in [0.25, 0.3) is 0 Å². The van der Waals surface area contributed by atoms with Crippen LogP contribution in [0.1, 0.15) is 31.7 Å². The first-order chi connectivity index (χ1) is 9.78. The molecule has 0 saturated heterocycles. The van der Waals surface area contributed by atoms with Gasteiger partial charge in [0.2, 0.25) is 5.91 Å². The van der Waals surface area contributed by atoms with Crippen LogP contribution in [0.3, 0.4) is 0 Å². The highest BCUT2D eigenvalue weighted by Gasteiger charge is 2.29. The topological polar surface area (TPSA) is 32.3 Å². The van der Waals surface area contributed by atoms with Crippen molar-refractivity contribution in [2.45, 2.75) is 32.6 Å². The Labute approximate surface area is 121 Å². The minimum atomic E-state index is 0.102. The van der Waals surface area contributed by atoms with Gasteiger partial charge in [0.1, 0.15) is 0 Å². The summed E-state index contributed by atoms with van der Waals surface area (Å²) in [7, 11) is 0. The Morgan fingerprint density at radius 2 is 2.15 bits per heavy atom. The van der Waals surface area contributed by atoms with Gasteiger partial charge in [-0.15, -0.1) is 0 Å². The average molecular weight is 272 g/mol. The van der Waals surface area contributed by atoms with Gasteiger partial charge in [-0.05, 0) is 43.7 Å². The smallest absolute Gasteiger partial charge is 0.227 e. The fourth-order valence-corrected chi connectivity index (χ4v) is 3.24. The van der Waals surface area contributed by atoms with Crippen LogP contribution in [0.5, 0.6) is 0 Å². The predicted octanol–water partition coefficient (Wildman–Crippen LogP) is 2.92. The first-order valence-corrected chi connectivity index (χ1v) is 7.88. The number of nitrogens with one attached hydrogen (secondary N) is 1. The molecule has 1 aliphatic heterocycles. The number of nitrogens with zero attached hydrogens (tertiary/aromatic N) is 1. The van der Waals surface area contributed by atoms with Gasteiger partial charge >= 0.3 is 0 Å².